The molecule has 0 aliphatic rings. The van der Waals surface area contributed by atoms with Crippen molar-refractivity contribution >= 4 is 33.7 Å². The summed E-state index contributed by atoms with van der Waals surface area (Å²) in [5.41, 5.74) is 3.18. The van der Waals surface area contributed by atoms with Crippen LogP contribution in [-0.4, -0.2) is 69.8 Å². The molecule has 4 rings (SSSR count). The van der Waals surface area contributed by atoms with Gasteiger partial charge in [-0.15, -0.1) is 0 Å². The van der Waals surface area contributed by atoms with Gasteiger partial charge in [-0.1, -0.05) is 30.3 Å². The Kier molecular flexibility index (Phi) is 5.86. The number of rotatable bonds is 8. The Balaban J connectivity index is 1.56. The Morgan fingerprint density at radius 3 is 2.52 bits per heavy atom. The summed E-state index contributed by atoms with van der Waals surface area (Å²) in [6.07, 6.45) is 2.33. The topological polar surface area (TPSA) is 118 Å². The number of carbonyl (C=O) groups is 2. The Bertz CT molecular complexity index is 1280. The lowest BCUT2D eigenvalue weighted by Crippen LogP contribution is -2.57. The van der Waals surface area contributed by atoms with Gasteiger partial charge in [-0.25, -0.2) is 4.79 Å². The average Bonchev–Trinajstić information content (AvgIpc) is 3.34. The number of likely N-dealkylation sites (N-methyl/N-ethyl adjacent to an activating group) is 1. The molecule has 0 unspecified atom stereocenters. The van der Waals surface area contributed by atoms with Crippen molar-refractivity contribution in [3.8, 4) is 5.75 Å². The van der Waals surface area contributed by atoms with Gasteiger partial charge in [0.25, 0.3) is 5.91 Å². The molecule has 5 N–H and O–H groups in total. The third-order valence-electron chi connectivity index (χ3n) is 6.05. The van der Waals surface area contributed by atoms with Crippen LogP contribution in [0, 0.1) is 0 Å². The second-order valence-corrected chi connectivity index (χ2v) is 9.34. The first kappa shape index (κ1) is 22.4. The molecule has 0 saturated carbocycles. The molecule has 33 heavy (non-hydrogen) atoms. The number of aromatic amines is 2. The summed E-state index contributed by atoms with van der Waals surface area (Å²) in [4.78, 5) is 31.6. The number of aromatic nitrogens is 2. The monoisotopic (exact) mass is 449 g/mol. The maximum Gasteiger partial charge on any atom is 0.326 e. The highest BCUT2D eigenvalue weighted by molar-refractivity contribution is 5.90. The van der Waals surface area contributed by atoms with Crippen LogP contribution in [0.15, 0.2) is 54.7 Å². The summed E-state index contributed by atoms with van der Waals surface area (Å²) < 4.78 is 0.316. The second-order valence-electron chi connectivity index (χ2n) is 9.34. The zero-order valence-electron chi connectivity index (χ0n) is 18.9. The standard InChI is InChI=1S/C25H28N4O4/c1-29(2,3)21(12-16-14-26-23-18(16)8-6-10-22(23)30)24(31)28-20(25(32)33)13-17-11-15-7-4-5-9-19(15)27-17/h4-11,14,20-21,26-27H,12-13H2,1-3H3,(H2-,28,30,31,32,33)/p+1/t20-,21-/m0/s1. The average molecular weight is 450 g/mol. The fraction of sp³-hybridized carbons (Fsp3) is 0.280. The largest absolute Gasteiger partial charge is 0.506 e. The molecule has 8 heteroatoms. The molecule has 1 amide bonds. The number of aromatic hydroxyl groups is 1. The van der Waals surface area contributed by atoms with E-state index in [0.717, 1.165) is 27.5 Å². The van der Waals surface area contributed by atoms with Gasteiger partial charge in [-0.05, 0) is 29.1 Å². The number of amides is 1. The first-order valence-electron chi connectivity index (χ1n) is 10.8. The number of nitrogens with one attached hydrogen (secondary N) is 3. The van der Waals surface area contributed by atoms with Crippen LogP contribution >= 0.6 is 0 Å². The smallest absolute Gasteiger partial charge is 0.326 e. The molecule has 0 aliphatic heterocycles. The van der Waals surface area contributed by atoms with E-state index in [1.54, 1.807) is 18.3 Å². The highest BCUT2D eigenvalue weighted by Gasteiger charge is 2.35. The number of H-pyrrole nitrogens is 2. The van der Waals surface area contributed by atoms with Crippen LogP contribution in [0.5, 0.6) is 5.75 Å². The van der Waals surface area contributed by atoms with Gasteiger partial charge in [0.05, 0.1) is 26.7 Å². The number of hydrogen-bond acceptors (Lipinski definition) is 3. The van der Waals surface area contributed by atoms with E-state index in [9.17, 15) is 19.8 Å². The lowest BCUT2D eigenvalue weighted by Gasteiger charge is -2.33. The number of nitrogens with zero attached hydrogens (tertiary/aromatic N) is 1. The molecule has 2 heterocycles. The summed E-state index contributed by atoms with van der Waals surface area (Å²) >= 11 is 0. The van der Waals surface area contributed by atoms with Crippen LogP contribution in [0.4, 0.5) is 0 Å². The van der Waals surface area contributed by atoms with Crippen LogP contribution in [0.1, 0.15) is 11.3 Å². The molecule has 8 nitrogen and oxygen atoms in total. The van der Waals surface area contributed by atoms with Crippen molar-refractivity contribution < 1.29 is 24.3 Å². The molecule has 0 spiro atoms. The molecule has 2 atom stereocenters. The lowest BCUT2D eigenvalue weighted by atomic mass is 10.0. The van der Waals surface area contributed by atoms with Crippen molar-refractivity contribution in [2.24, 2.45) is 0 Å². The van der Waals surface area contributed by atoms with Gasteiger partial charge in [-0.2, -0.15) is 0 Å². The number of hydrogen-bond donors (Lipinski definition) is 5. The summed E-state index contributed by atoms with van der Waals surface area (Å²) in [6, 6.07) is 13.3. The fourth-order valence-electron chi connectivity index (χ4n) is 4.22. The van der Waals surface area contributed by atoms with E-state index in [0.29, 0.717) is 16.4 Å². The molecule has 4 aromatic rings. The SMILES string of the molecule is C[N+](C)(C)[C@@H](Cc1c[nH]c2c(O)cccc12)C(=O)N[C@@H](Cc1cc2ccccc2[nH]1)C(=O)O. The predicted octanol–water partition coefficient (Wildman–Crippen LogP) is 2.78. The van der Waals surface area contributed by atoms with E-state index in [-0.39, 0.29) is 18.1 Å². The molecule has 2 aromatic carbocycles. The van der Waals surface area contributed by atoms with Crippen LogP contribution in [0.25, 0.3) is 21.8 Å². The van der Waals surface area contributed by atoms with E-state index in [1.165, 1.54) is 0 Å². The van der Waals surface area contributed by atoms with Crippen molar-refractivity contribution in [2.75, 3.05) is 21.1 Å². The van der Waals surface area contributed by atoms with Gasteiger partial charge in [-0.3, -0.25) is 4.79 Å². The van der Waals surface area contributed by atoms with E-state index < -0.39 is 18.1 Å². The van der Waals surface area contributed by atoms with Gasteiger partial charge < -0.3 is 30.0 Å². The molecule has 0 aliphatic carbocycles. The van der Waals surface area contributed by atoms with Crippen molar-refractivity contribution in [3.05, 3.63) is 66.0 Å². The molecular formula is C25H29N4O4+. The number of carboxylic acid groups (broad SMARTS) is 1. The molecule has 0 fully saturated rings. The van der Waals surface area contributed by atoms with Crippen molar-refractivity contribution in [2.45, 2.75) is 24.9 Å². The van der Waals surface area contributed by atoms with Gasteiger partial charge in [0, 0.05) is 35.6 Å². The van der Waals surface area contributed by atoms with Gasteiger partial charge in [0.2, 0.25) is 0 Å². The van der Waals surface area contributed by atoms with Crippen molar-refractivity contribution in [3.63, 3.8) is 0 Å². The molecule has 0 saturated heterocycles. The van der Waals surface area contributed by atoms with E-state index in [2.05, 4.69) is 15.3 Å². The highest BCUT2D eigenvalue weighted by Crippen LogP contribution is 2.28. The second kappa shape index (κ2) is 8.63. The van der Waals surface area contributed by atoms with E-state index in [1.807, 2.05) is 57.5 Å². The van der Waals surface area contributed by atoms with Gasteiger partial charge in [0.15, 0.2) is 6.04 Å². The third-order valence-corrected chi connectivity index (χ3v) is 6.05. The zero-order valence-corrected chi connectivity index (χ0v) is 18.9. The molecular weight excluding hydrogens is 420 g/mol. The number of carbonyl (C=O) groups excluding carboxylic acids is 1. The van der Waals surface area contributed by atoms with E-state index in [4.69, 9.17) is 0 Å². The number of carboxylic acids is 1. The summed E-state index contributed by atoms with van der Waals surface area (Å²) in [5, 5.41) is 24.5. The number of quaternary nitrogens is 1. The summed E-state index contributed by atoms with van der Waals surface area (Å²) in [6.45, 7) is 0. The summed E-state index contributed by atoms with van der Waals surface area (Å²) in [5.74, 6) is -1.27. The Hall–Kier alpha value is -3.78. The maximum absolute atomic E-state index is 13.3. The minimum atomic E-state index is -1.08. The van der Waals surface area contributed by atoms with Crippen molar-refractivity contribution in [1.82, 2.24) is 15.3 Å². The van der Waals surface area contributed by atoms with E-state index >= 15 is 0 Å². The fourth-order valence-corrected chi connectivity index (χ4v) is 4.22. The number of phenols is 1. The Labute approximate surface area is 191 Å². The number of fused-ring (bicyclic) bond motifs is 2. The normalized spacial score (nSPS) is 13.8. The predicted molar refractivity (Wildman–Crippen MR) is 127 cm³/mol. The van der Waals surface area contributed by atoms with Crippen LogP contribution in [-0.2, 0) is 22.4 Å². The first-order valence-corrected chi connectivity index (χ1v) is 10.8. The number of benzene rings is 2. The highest BCUT2D eigenvalue weighted by atomic mass is 16.4. The Morgan fingerprint density at radius 1 is 1.06 bits per heavy atom. The Morgan fingerprint density at radius 2 is 1.82 bits per heavy atom. The minimum Gasteiger partial charge on any atom is -0.506 e. The zero-order chi connectivity index (χ0) is 23.8. The van der Waals surface area contributed by atoms with Gasteiger partial charge >= 0.3 is 5.97 Å². The molecule has 2 aromatic heterocycles. The van der Waals surface area contributed by atoms with Crippen LogP contribution in [0.2, 0.25) is 0 Å². The van der Waals surface area contributed by atoms with Crippen LogP contribution < -0.4 is 5.32 Å². The first-order chi connectivity index (χ1) is 15.6. The molecule has 0 radical (unpaired) electrons. The number of phenolic OH excluding ortho intramolecular Hbond substituents is 1. The lowest BCUT2D eigenvalue weighted by molar-refractivity contribution is -0.886. The quantitative estimate of drug-likeness (QED) is 0.266. The number of aliphatic carboxylic acids is 1. The molecule has 0 bridgehead atoms. The minimum absolute atomic E-state index is 0.147. The number of para-hydroxylation sites is 2. The van der Waals surface area contributed by atoms with Crippen LogP contribution in [0.3, 0.4) is 0 Å². The maximum atomic E-state index is 13.3. The summed E-state index contributed by atoms with van der Waals surface area (Å²) in [7, 11) is 5.72. The van der Waals surface area contributed by atoms with Crippen molar-refractivity contribution in [1.29, 1.82) is 0 Å². The molecule has 172 valence electrons. The third kappa shape index (κ3) is 4.70. The van der Waals surface area contributed by atoms with Gasteiger partial charge in [0.1, 0.15) is 11.8 Å².